The summed E-state index contributed by atoms with van der Waals surface area (Å²) < 4.78 is 32.8. The Morgan fingerprint density at radius 2 is 1.82 bits per heavy atom. The molecule has 3 rings (SSSR count). The van der Waals surface area contributed by atoms with Gasteiger partial charge in [-0.15, -0.1) is 0 Å². The van der Waals surface area contributed by atoms with Gasteiger partial charge in [0, 0.05) is 0 Å². The Morgan fingerprint density at radius 1 is 1.05 bits per heavy atom. The van der Waals surface area contributed by atoms with Gasteiger partial charge in [0.25, 0.3) is 0 Å². The van der Waals surface area contributed by atoms with Gasteiger partial charge >= 0.3 is 0 Å². The van der Waals surface area contributed by atoms with Gasteiger partial charge in [-0.25, -0.2) is 8.78 Å². The number of benzene rings is 2. The van der Waals surface area contributed by atoms with Gasteiger partial charge < -0.3 is 10.1 Å². The maximum atomic E-state index is 13.6. The van der Waals surface area contributed by atoms with Gasteiger partial charge in [0.1, 0.15) is 12.4 Å². The first-order chi connectivity index (χ1) is 10.7. The zero-order chi connectivity index (χ0) is 15.4. The van der Waals surface area contributed by atoms with Gasteiger partial charge in [-0.05, 0) is 67.2 Å². The molecule has 4 heteroatoms. The summed E-state index contributed by atoms with van der Waals surface area (Å²) in [5.74, 6) is -0.0598. The van der Waals surface area contributed by atoms with Crippen molar-refractivity contribution in [2.75, 3.05) is 13.1 Å². The van der Waals surface area contributed by atoms with Crippen molar-refractivity contribution in [1.29, 1.82) is 0 Å². The number of piperidine rings is 1. The number of para-hydroxylation sites is 1. The van der Waals surface area contributed by atoms with E-state index in [1.165, 1.54) is 12.1 Å². The molecule has 1 fully saturated rings. The molecule has 0 atom stereocenters. The molecule has 1 aliphatic rings. The lowest BCUT2D eigenvalue weighted by molar-refractivity contribution is 0.287. The zero-order valence-electron chi connectivity index (χ0n) is 12.3. The van der Waals surface area contributed by atoms with E-state index < -0.39 is 0 Å². The molecule has 2 aromatic carbocycles. The third-order valence-corrected chi connectivity index (χ3v) is 4.11. The van der Waals surface area contributed by atoms with E-state index in [1.807, 2.05) is 0 Å². The molecule has 0 radical (unpaired) electrons. The van der Waals surface area contributed by atoms with Crippen molar-refractivity contribution >= 4 is 0 Å². The molecule has 0 saturated carbocycles. The van der Waals surface area contributed by atoms with Crippen molar-refractivity contribution in [1.82, 2.24) is 5.32 Å². The Morgan fingerprint density at radius 3 is 2.59 bits per heavy atom. The summed E-state index contributed by atoms with van der Waals surface area (Å²) in [4.78, 5) is 0. The molecule has 1 heterocycles. The average molecular weight is 303 g/mol. The minimum Gasteiger partial charge on any atom is -0.486 e. The van der Waals surface area contributed by atoms with E-state index in [-0.39, 0.29) is 24.0 Å². The third kappa shape index (κ3) is 3.45. The molecule has 1 saturated heterocycles. The van der Waals surface area contributed by atoms with Crippen LogP contribution in [0.4, 0.5) is 8.78 Å². The molecular weight excluding hydrogens is 284 g/mol. The molecule has 116 valence electrons. The Hall–Kier alpha value is -1.94. The molecule has 2 nitrogen and oxygen atoms in total. The molecule has 0 spiro atoms. The van der Waals surface area contributed by atoms with Gasteiger partial charge in [0.15, 0.2) is 11.6 Å². The number of ether oxygens (including phenoxy) is 1. The fourth-order valence-electron chi connectivity index (χ4n) is 2.93. The average Bonchev–Trinajstić information content (AvgIpc) is 2.56. The second kappa shape index (κ2) is 6.88. The maximum absolute atomic E-state index is 13.6. The van der Waals surface area contributed by atoms with Crippen molar-refractivity contribution < 1.29 is 13.5 Å². The molecule has 0 amide bonds. The smallest absolute Gasteiger partial charge is 0.165 e. The molecule has 0 aromatic heterocycles. The van der Waals surface area contributed by atoms with E-state index >= 15 is 0 Å². The molecule has 22 heavy (non-hydrogen) atoms. The van der Waals surface area contributed by atoms with E-state index in [4.69, 9.17) is 4.74 Å². The Kier molecular flexibility index (Phi) is 4.68. The van der Waals surface area contributed by atoms with Crippen LogP contribution in [0.2, 0.25) is 0 Å². The van der Waals surface area contributed by atoms with Crippen LogP contribution in [0.5, 0.6) is 5.75 Å². The maximum Gasteiger partial charge on any atom is 0.165 e. The summed E-state index contributed by atoms with van der Waals surface area (Å²) in [6, 6.07) is 11.1. The fourth-order valence-corrected chi connectivity index (χ4v) is 2.93. The minimum absolute atomic E-state index is 0.225. The van der Waals surface area contributed by atoms with Crippen LogP contribution in [-0.2, 0) is 6.61 Å². The summed E-state index contributed by atoms with van der Waals surface area (Å²) in [5, 5.41) is 3.31. The normalized spacial score (nSPS) is 15.7. The predicted octanol–water partition coefficient (Wildman–Crippen LogP) is 4.01. The van der Waals surface area contributed by atoms with E-state index in [0.29, 0.717) is 5.92 Å². The quantitative estimate of drug-likeness (QED) is 0.921. The van der Waals surface area contributed by atoms with Crippen LogP contribution in [-0.4, -0.2) is 13.1 Å². The third-order valence-electron chi connectivity index (χ3n) is 4.11. The van der Waals surface area contributed by atoms with Gasteiger partial charge in [-0.3, -0.25) is 0 Å². The van der Waals surface area contributed by atoms with E-state index in [2.05, 4.69) is 5.32 Å². The molecule has 0 aliphatic carbocycles. The molecule has 1 aliphatic heterocycles. The highest BCUT2D eigenvalue weighted by molar-refractivity contribution is 5.32. The van der Waals surface area contributed by atoms with Crippen molar-refractivity contribution in [3.05, 3.63) is 65.2 Å². The minimum atomic E-state index is -0.381. The highest BCUT2D eigenvalue weighted by Gasteiger charge is 2.19. The van der Waals surface area contributed by atoms with Gasteiger partial charge in [0.05, 0.1) is 0 Å². The summed E-state index contributed by atoms with van der Waals surface area (Å²) in [6.07, 6.45) is 1.96. The van der Waals surface area contributed by atoms with Gasteiger partial charge in [0.2, 0.25) is 0 Å². The lowest BCUT2D eigenvalue weighted by atomic mass is 9.87. The number of hydrogen-bond acceptors (Lipinski definition) is 2. The van der Waals surface area contributed by atoms with E-state index in [0.717, 1.165) is 37.1 Å². The second-order valence-electron chi connectivity index (χ2n) is 5.59. The monoisotopic (exact) mass is 303 g/mol. The Labute approximate surface area is 129 Å². The van der Waals surface area contributed by atoms with Crippen LogP contribution in [0.3, 0.4) is 0 Å². The summed E-state index contributed by atoms with van der Waals surface area (Å²) >= 11 is 0. The van der Waals surface area contributed by atoms with Crippen LogP contribution in [0.1, 0.15) is 29.9 Å². The Balaban J connectivity index is 1.79. The first-order valence-electron chi connectivity index (χ1n) is 7.60. The van der Waals surface area contributed by atoms with Crippen molar-refractivity contribution in [2.45, 2.75) is 25.4 Å². The first kappa shape index (κ1) is 15.0. The lowest BCUT2D eigenvalue weighted by Crippen LogP contribution is -2.27. The number of halogens is 2. The van der Waals surface area contributed by atoms with Crippen LogP contribution in [0.25, 0.3) is 0 Å². The largest absolute Gasteiger partial charge is 0.486 e. The first-order valence-corrected chi connectivity index (χ1v) is 7.60. The van der Waals surface area contributed by atoms with Crippen LogP contribution in [0.15, 0.2) is 42.5 Å². The highest BCUT2D eigenvalue weighted by atomic mass is 19.1. The molecule has 0 bridgehead atoms. The van der Waals surface area contributed by atoms with Crippen LogP contribution >= 0.6 is 0 Å². The van der Waals surface area contributed by atoms with Crippen LogP contribution < -0.4 is 10.1 Å². The molecular formula is C18H19F2NO. The summed E-state index contributed by atoms with van der Waals surface area (Å²) in [5.41, 5.74) is 1.91. The fraction of sp³-hybridized carbons (Fsp3) is 0.333. The number of hydrogen-bond donors (Lipinski definition) is 1. The topological polar surface area (TPSA) is 21.3 Å². The zero-order valence-corrected chi connectivity index (χ0v) is 12.3. The number of rotatable bonds is 4. The molecule has 2 aromatic rings. The van der Waals surface area contributed by atoms with Crippen LogP contribution in [0, 0.1) is 11.6 Å². The summed E-state index contributed by atoms with van der Waals surface area (Å²) in [6.45, 7) is 2.13. The van der Waals surface area contributed by atoms with Crippen molar-refractivity contribution in [2.24, 2.45) is 0 Å². The van der Waals surface area contributed by atoms with Gasteiger partial charge in [-0.1, -0.05) is 18.2 Å². The molecule has 0 unspecified atom stereocenters. The summed E-state index contributed by atoms with van der Waals surface area (Å²) in [7, 11) is 0. The van der Waals surface area contributed by atoms with E-state index in [9.17, 15) is 8.78 Å². The lowest BCUT2D eigenvalue weighted by Gasteiger charge is -2.25. The van der Waals surface area contributed by atoms with E-state index in [1.54, 1.807) is 30.3 Å². The number of nitrogens with one attached hydrogen (secondary N) is 1. The Bertz CT molecular complexity index is 639. The SMILES string of the molecule is Fc1ccc(COc2ccccc2F)c(C2CCNCC2)c1. The van der Waals surface area contributed by atoms with Gasteiger partial charge in [-0.2, -0.15) is 0 Å². The predicted molar refractivity (Wildman–Crippen MR) is 82.0 cm³/mol. The second-order valence-corrected chi connectivity index (χ2v) is 5.59. The standard InChI is InChI=1S/C18H19F2NO/c19-15-6-5-14(12-22-18-4-2-1-3-17(18)20)16(11-15)13-7-9-21-10-8-13/h1-6,11,13,21H,7-10,12H2. The van der Waals surface area contributed by atoms with Crippen molar-refractivity contribution in [3.8, 4) is 5.75 Å². The molecule has 1 N–H and O–H groups in total. The van der Waals surface area contributed by atoms with Crippen molar-refractivity contribution in [3.63, 3.8) is 0 Å². The highest BCUT2D eigenvalue weighted by Crippen LogP contribution is 2.29.